The third-order valence-corrected chi connectivity index (χ3v) is 3.07. The van der Waals surface area contributed by atoms with Crippen LogP contribution in [0.25, 0.3) is 0 Å². The monoisotopic (exact) mass is 292 g/mol. The van der Waals surface area contributed by atoms with Gasteiger partial charge in [0, 0.05) is 12.3 Å². The lowest BCUT2D eigenvalue weighted by Gasteiger charge is -2.33. The van der Waals surface area contributed by atoms with Gasteiger partial charge in [-0.15, -0.1) is 0 Å². The van der Waals surface area contributed by atoms with Gasteiger partial charge >= 0.3 is 0 Å². The number of aliphatic hydroxyl groups is 4. The van der Waals surface area contributed by atoms with Crippen LogP contribution in [0.5, 0.6) is 0 Å². The van der Waals surface area contributed by atoms with E-state index in [0.717, 1.165) is 4.90 Å². The molecule has 0 aromatic heterocycles. The normalized spacial score (nSPS) is 40.9. The molecule has 0 bridgehead atoms. The van der Waals surface area contributed by atoms with Crippen molar-refractivity contribution >= 4 is 5.90 Å². The molecule has 4 N–H and O–H groups in total. The molecule has 20 heavy (non-hydrogen) atoms. The lowest BCUT2D eigenvalue weighted by atomic mass is 10.1. The average molecular weight is 292 g/mol. The van der Waals surface area contributed by atoms with Crippen LogP contribution in [0.2, 0.25) is 0 Å². The van der Waals surface area contributed by atoms with E-state index >= 15 is 0 Å². The minimum absolute atomic E-state index is 0.179. The SMILES string of the molecule is CCOC1=NC(O)N([C@@H]2O[C@](F)(CO)[C@@H](O)[C@H]2O)C=C1. The molecule has 0 saturated carbocycles. The Morgan fingerprint density at radius 3 is 2.70 bits per heavy atom. The first-order chi connectivity index (χ1) is 9.42. The smallest absolute Gasteiger partial charge is 0.263 e. The Labute approximate surface area is 114 Å². The summed E-state index contributed by atoms with van der Waals surface area (Å²) in [4.78, 5) is 4.77. The molecule has 1 unspecified atom stereocenters. The van der Waals surface area contributed by atoms with Gasteiger partial charge in [-0.1, -0.05) is 0 Å². The summed E-state index contributed by atoms with van der Waals surface area (Å²) < 4.78 is 23.8. The van der Waals surface area contributed by atoms with Gasteiger partial charge in [0.2, 0.25) is 12.2 Å². The van der Waals surface area contributed by atoms with Crippen LogP contribution in [0.1, 0.15) is 6.92 Å². The first kappa shape index (κ1) is 15.1. The van der Waals surface area contributed by atoms with Gasteiger partial charge in [-0.05, 0) is 6.92 Å². The van der Waals surface area contributed by atoms with Gasteiger partial charge in [0.15, 0.2) is 6.23 Å². The molecule has 0 spiro atoms. The number of aliphatic hydroxyl groups excluding tert-OH is 4. The predicted molar refractivity (Wildman–Crippen MR) is 63.9 cm³/mol. The molecule has 1 saturated heterocycles. The van der Waals surface area contributed by atoms with Crippen LogP contribution < -0.4 is 0 Å². The number of hydrogen-bond acceptors (Lipinski definition) is 8. The maximum Gasteiger partial charge on any atom is 0.263 e. The number of aliphatic imine (C=N–C) groups is 1. The van der Waals surface area contributed by atoms with Crippen LogP contribution in [0.4, 0.5) is 4.39 Å². The molecule has 2 heterocycles. The number of nitrogens with zero attached hydrogens (tertiary/aromatic N) is 2. The molecule has 8 nitrogen and oxygen atoms in total. The maximum atomic E-state index is 13.9. The van der Waals surface area contributed by atoms with E-state index in [0.29, 0.717) is 6.61 Å². The zero-order chi connectivity index (χ0) is 14.9. The van der Waals surface area contributed by atoms with Crippen LogP contribution in [0.3, 0.4) is 0 Å². The Bertz CT molecular complexity index is 420. The summed E-state index contributed by atoms with van der Waals surface area (Å²) in [6.07, 6.45) is -3.75. The summed E-state index contributed by atoms with van der Waals surface area (Å²) in [7, 11) is 0. The maximum absolute atomic E-state index is 13.9. The third-order valence-electron chi connectivity index (χ3n) is 3.07. The van der Waals surface area contributed by atoms with Crippen LogP contribution in [0.15, 0.2) is 17.3 Å². The van der Waals surface area contributed by atoms with Gasteiger partial charge < -0.3 is 34.8 Å². The quantitative estimate of drug-likeness (QED) is 0.488. The number of halogens is 1. The van der Waals surface area contributed by atoms with Crippen molar-refractivity contribution in [2.75, 3.05) is 13.2 Å². The van der Waals surface area contributed by atoms with Gasteiger partial charge in [-0.3, -0.25) is 0 Å². The molecule has 5 atom stereocenters. The van der Waals surface area contributed by atoms with Gasteiger partial charge in [-0.25, -0.2) is 4.39 Å². The van der Waals surface area contributed by atoms with Crippen molar-refractivity contribution in [2.45, 2.75) is 37.6 Å². The molecular weight excluding hydrogens is 275 g/mol. The molecule has 2 aliphatic heterocycles. The zero-order valence-electron chi connectivity index (χ0n) is 10.8. The van der Waals surface area contributed by atoms with E-state index in [2.05, 4.69) is 4.99 Å². The first-order valence-electron chi connectivity index (χ1n) is 6.11. The lowest BCUT2D eigenvalue weighted by Crippen LogP contribution is -2.47. The Balaban J connectivity index is 2.13. The van der Waals surface area contributed by atoms with E-state index in [1.54, 1.807) is 6.92 Å². The minimum Gasteiger partial charge on any atom is -0.478 e. The minimum atomic E-state index is -2.79. The number of alkyl halides is 1. The van der Waals surface area contributed by atoms with E-state index in [1.807, 2.05) is 0 Å². The second-order valence-electron chi connectivity index (χ2n) is 4.40. The van der Waals surface area contributed by atoms with Gasteiger partial charge in [-0.2, -0.15) is 4.99 Å². The van der Waals surface area contributed by atoms with Crippen LogP contribution in [-0.2, 0) is 9.47 Å². The second kappa shape index (κ2) is 5.62. The molecule has 0 aromatic carbocycles. The lowest BCUT2D eigenvalue weighted by molar-refractivity contribution is -0.223. The van der Waals surface area contributed by atoms with Crippen molar-refractivity contribution in [3.8, 4) is 0 Å². The molecule has 9 heteroatoms. The van der Waals surface area contributed by atoms with Gasteiger partial charge in [0.05, 0.1) is 6.61 Å². The predicted octanol–water partition coefficient (Wildman–Crippen LogP) is -1.74. The summed E-state index contributed by atoms with van der Waals surface area (Å²) in [5, 5.41) is 38.0. The Kier molecular flexibility index (Phi) is 4.25. The summed E-state index contributed by atoms with van der Waals surface area (Å²) in [6, 6.07) is 0. The van der Waals surface area contributed by atoms with Crippen LogP contribution >= 0.6 is 0 Å². The molecule has 1 fully saturated rings. The Morgan fingerprint density at radius 1 is 1.50 bits per heavy atom. The van der Waals surface area contributed by atoms with Crippen molar-refractivity contribution in [3.05, 3.63) is 12.3 Å². The summed E-state index contributed by atoms with van der Waals surface area (Å²) >= 11 is 0. The van der Waals surface area contributed by atoms with E-state index in [4.69, 9.17) is 14.6 Å². The highest BCUT2D eigenvalue weighted by Crippen LogP contribution is 2.35. The van der Waals surface area contributed by atoms with E-state index in [-0.39, 0.29) is 5.90 Å². The molecular formula is C11H17FN2O6. The highest BCUT2D eigenvalue weighted by molar-refractivity contribution is 5.88. The molecule has 2 aliphatic rings. The van der Waals surface area contributed by atoms with Crippen LogP contribution in [0, 0.1) is 0 Å². The first-order valence-corrected chi connectivity index (χ1v) is 6.11. The second-order valence-corrected chi connectivity index (χ2v) is 4.40. The van der Waals surface area contributed by atoms with Crippen molar-refractivity contribution in [3.63, 3.8) is 0 Å². The number of ether oxygens (including phenoxy) is 2. The topological polar surface area (TPSA) is 115 Å². The van der Waals surface area contributed by atoms with Crippen molar-refractivity contribution in [1.82, 2.24) is 4.90 Å². The molecule has 0 aliphatic carbocycles. The van der Waals surface area contributed by atoms with Gasteiger partial charge in [0.25, 0.3) is 5.85 Å². The zero-order valence-corrected chi connectivity index (χ0v) is 10.8. The van der Waals surface area contributed by atoms with E-state index in [9.17, 15) is 19.7 Å². The fraction of sp³-hybridized carbons (Fsp3) is 0.727. The third kappa shape index (κ3) is 2.50. The number of rotatable bonds is 3. The standard InChI is InChI=1S/C11H17FN2O6/c1-2-19-6-3-4-14(10(18)13-6)9-7(16)8(17)11(12,5-15)20-9/h3-4,7-10,15-18H,2,5H2,1H3/t7-,8+,9-,10?,11-/m1/s1. The van der Waals surface area contributed by atoms with Crippen LogP contribution in [-0.4, -0.2) is 75.1 Å². The highest BCUT2D eigenvalue weighted by atomic mass is 19.2. The Hall–Kier alpha value is -1.26. The molecule has 2 rings (SSSR count). The largest absolute Gasteiger partial charge is 0.478 e. The average Bonchev–Trinajstić information content (AvgIpc) is 2.65. The highest BCUT2D eigenvalue weighted by Gasteiger charge is 2.57. The molecule has 0 aromatic rings. The fourth-order valence-corrected chi connectivity index (χ4v) is 2.02. The van der Waals surface area contributed by atoms with Crippen molar-refractivity contribution < 1.29 is 34.3 Å². The molecule has 114 valence electrons. The van der Waals surface area contributed by atoms with Gasteiger partial charge in [0.1, 0.15) is 18.8 Å². The van der Waals surface area contributed by atoms with Crippen molar-refractivity contribution in [2.24, 2.45) is 4.99 Å². The van der Waals surface area contributed by atoms with E-state index in [1.165, 1.54) is 12.3 Å². The van der Waals surface area contributed by atoms with E-state index < -0.39 is 37.2 Å². The van der Waals surface area contributed by atoms with Crippen molar-refractivity contribution in [1.29, 1.82) is 0 Å². The Morgan fingerprint density at radius 2 is 2.20 bits per heavy atom. The summed E-state index contributed by atoms with van der Waals surface area (Å²) in [6.45, 7) is 0.978. The molecule has 0 amide bonds. The fourth-order valence-electron chi connectivity index (χ4n) is 2.02. The molecule has 0 radical (unpaired) electrons. The summed E-state index contributed by atoms with van der Waals surface area (Å²) in [5.74, 6) is -2.61. The number of hydrogen-bond donors (Lipinski definition) is 4. The summed E-state index contributed by atoms with van der Waals surface area (Å²) in [5.41, 5.74) is 0.